The lowest BCUT2D eigenvalue weighted by Gasteiger charge is -2.35. The maximum Gasteiger partial charge on any atom is 0.283 e. The molecule has 3 aliphatic rings. The van der Waals surface area contributed by atoms with Crippen molar-refractivity contribution < 1.29 is 18.9 Å². The highest BCUT2D eigenvalue weighted by atomic mass is 16.5. The summed E-state index contributed by atoms with van der Waals surface area (Å²) in [7, 11) is 0. The van der Waals surface area contributed by atoms with Gasteiger partial charge in [0.25, 0.3) is 6.02 Å². The van der Waals surface area contributed by atoms with Gasteiger partial charge in [0.05, 0.1) is 12.7 Å². The molecule has 2 N–H and O–H groups in total. The van der Waals surface area contributed by atoms with Crippen molar-refractivity contribution >= 4 is 6.02 Å². The smallest absolute Gasteiger partial charge is 0.283 e. The summed E-state index contributed by atoms with van der Waals surface area (Å²) in [4.78, 5) is 4.79. The summed E-state index contributed by atoms with van der Waals surface area (Å²) < 4.78 is 24.1. The van der Waals surface area contributed by atoms with E-state index in [1.165, 1.54) is 6.42 Å². The third kappa shape index (κ3) is 3.74. The SMILES string of the molecule is CC(C)(C)COc1ccc2c(c1)[C@]1(COC(N)=N1)c1cc(C3CCCCO3)ccc1O2. The number of ether oxygens (including phenoxy) is 4. The van der Waals surface area contributed by atoms with Crippen LogP contribution in [0, 0.1) is 5.41 Å². The zero-order chi connectivity index (χ0) is 21.6. The van der Waals surface area contributed by atoms with Gasteiger partial charge in [-0.25, -0.2) is 4.99 Å². The van der Waals surface area contributed by atoms with Crippen LogP contribution in [-0.2, 0) is 15.0 Å². The molecule has 31 heavy (non-hydrogen) atoms. The van der Waals surface area contributed by atoms with Gasteiger partial charge in [-0.15, -0.1) is 0 Å². The largest absolute Gasteiger partial charge is 0.493 e. The van der Waals surface area contributed by atoms with Gasteiger partial charge in [-0.05, 0) is 60.6 Å². The third-order valence-electron chi connectivity index (χ3n) is 6.02. The molecular weight excluding hydrogens is 392 g/mol. The van der Waals surface area contributed by atoms with E-state index in [9.17, 15) is 0 Å². The molecule has 1 fully saturated rings. The van der Waals surface area contributed by atoms with E-state index in [1.807, 2.05) is 24.3 Å². The second-order valence-corrected chi connectivity index (χ2v) is 9.82. The topological polar surface area (TPSA) is 75.3 Å². The first kappa shape index (κ1) is 20.2. The molecule has 6 heteroatoms. The van der Waals surface area contributed by atoms with Crippen LogP contribution < -0.4 is 15.2 Å². The lowest BCUT2D eigenvalue weighted by molar-refractivity contribution is 0.0148. The van der Waals surface area contributed by atoms with E-state index in [2.05, 4.69) is 32.9 Å². The standard InChI is InChI=1S/C25H30N2O4/c1-24(2,3)14-29-17-8-10-22-19(13-17)25(15-30-23(26)27-25)18-12-16(7-9-21(18)31-22)20-6-4-5-11-28-20/h7-10,12-13,20H,4-6,11,14-15H2,1-3H3,(H2,26,27)/t20?,25-/m0/s1. The number of hydrogen-bond donors (Lipinski definition) is 1. The Kier molecular flexibility index (Phi) is 4.85. The molecule has 3 heterocycles. The Bertz CT molecular complexity index is 1020. The second-order valence-electron chi connectivity index (χ2n) is 9.82. The second kappa shape index (κ2) is 7.45. The molecule has 6 nitrogen and oxygen atoms in total. The summed E-state index contributed by atoms with van der Waals surface area (Å²) in [5.74, 6) is 2.31. The monoisotopic (exact) mass is 422 g/mol. The molecule has 164 valence electrons. The summed E-state index contributed by atoms with van der Waals surface area (Å²) in [6.07, 6.45) is 3.42. The van der Waals surface area contributed by atoms with Crippen LogP contribution in [-0.4, -0.2) is 25.8 Å². The molecular formula is C25H30N2O4. The number of amidine groups is 1. The van der Waals surface area contributed by atoms with Gasteiger partial charge < -0.3 is 24.7 Å². The number of benzene rings is 2. The van der Waals surface area contributed by atoms with Gasteiger partial charge in [0.1, 0.15) is 23.9 Å². The van der Waals surface area contributed by atoms with E-state index in [0.717, 1.165) is 53.4 Å². The third-order valence-corrected chi connectivity index (χ3v) is 6.02. The first-order chi connectivity index (χ1) is 14.8. The fraction of sp³-hybridized carbons (Fsp3) is 0.480. The van der Waals surface area contributed by atoms with E-state index in [1.54, 1.807) is 0 Å². The zero-order valence-corrected chi connectivity index (χ0v) is 18.4. The van der Waals surface area contributed by atoms with E-state index in [4.69, 9.17) is 29.7 Å². The van der Waals surface area contributed by atoms with Crippen molar-refractivity contribution in [2.45, 2.75) is 51.7 Å². The fourth-order valence-corrected chi connectivity index (χ4v) is 4.45. The molecule has 0 radical (unpaired) electrons. The van der Waals surface area contributed by atoms with Crippen molar-refractivity contribution in [2.75, 3.05) is 19.8 Å². The Morgan fingerprint density at radius 2 is 1.87 bits per heavy atom. The number of fused-ring (bicyclic) bond motifs is 4. The highest BCUT2D eigenvalue weighted by molar-refractivity contribution is 5.77. The molecule has 0 saturated carbocycles. The van der Waals surface area contributed by atoms with Crippen LogP contribution >= 0.6 is 0 Å². The van der Waals surface area contributed by atoms with Crippen LogP contribution in [0.1, 0.15) is 62.8 Å². The first-order valence-electron chi connectivity index (χ1n) is 11.0. The van der Waals surface area contributed by atoms with Crippen LogP contribution in [0.15, 0.2) is 41.4 Å². The normalized spacial score (nSPS) is 24.6. The van der Waals surface area contributed by atoms with Crippen molar-refractivity contribution in [3.8, 4) is 17.2 Å². The number of rotatable bonds is 3. The number of aliphatic imine (C=N–C) groups is 1. The van der Waals surface area contributed by atoms with Crippen molar-refractivity contribution in [2.24, 2.45) is 16.1 Å². The van der Waals surface area contributed by atoms with E-state index in [0.29, 0.717) is 13.2 Å². The number of nitrogens with zero attached hydrogens (tertiary/aromatic N) is 1. The molecule has 0 aliphatic carbocycles. The van der Waals surface area contributed by atoms with Gasteiger partial charge in [-0.3, -0.25) is 0 Å². The first-order valence-corrected chi connectivity index (χ1v) is 11.0. The molecule has 0 aromatic heterocycles. The molecule has 2 aromatic carbocycles. The van der Waals surface area contributed by atoms with Crippen LogP contribution in [0.5, 0.6) is 17.2 Å². The molecule has 0 amide bonds. The molecule has 1 saturated heterocycles. The van der Waals surface area contributed by atoms with Gasteiger partial charge in [0, 0.05) is 17.7 Å². The summed E-state index contributed by atoms with van der Waals surface area (Å²) in [6.45, 7) is 8.20. The van der Waals surface area contributed by atoms with Crippen molar-refractivity contribution in [3.05, 3.63) is 53.1 Å². The maximum atomic E-state index is 6.28. The molecule has 1 unspecified atom stereocenters. The van der Waals surface area contributed by atoms with Gasteiger partial charge in [-0.2, -0.15) is 0 Å². The molecule has 3 aliphatic heterocycles. The average Bonchev–Trinajstić information content (AvgIpc) is 3.15. The van der Waals surface area contributed by atoms with Gasteiger partial charge in [0.2, 0.25) is 0 Å². The van der Waals surface area contributed by atoms with Crippen molar-refractivity contribution in [1.82, 2.24) is 0 Å². The Hall–Kier alpha value is -2.73. The van der Waals surface area contributed by atoms with Crippen LogP contribution in [0.25, 0.3) is 0 Å². The van der Waals surface area contributed by atoms with Gasteiger partial charge in [0.15, 0.2) is 5.54 Å². The summed E-state index contributed by atoms with van der Waals surface area (Å²) >= 11 is 0. The molecule has 0 bridgehead atoms. The van der Waals surface area contributed by atoms with Crippen LogP contribution in [0.3, 0.4) is 0 Å². The molecule has 2 aromatic rings. The Labute approximate surface area is 183 Å². The molecule has 5 rings (SSSR count). The fourth-order valence-electron chi connectivity index (χ4n) is 4.45. The van der Waals surface area contributed by atoms with Crippen LogP contribution in [0.2, 0.25) is 0 Å². The molecule has 1 spiro atoms. The Morgan fingerprint density at radius 1 is 1.10 bits per heavy atom. The van der Waals surface area contributed by atoms with Crippen LogP contribution in [0.4, 0.5) is 0 Å². The minimum atomic E-state index is -0.751. The Balaban J connectivity index is 1.57. The van der Waals surface area contributed by atoms with Gasteiger partial charge >= 0.3 is 0 Å². The summed E-state index contributed by atoms with van der Waals surface area (Å²) in [6, 6.07) is 12.4. The summed E-state index contributed by atoms with van der Waals surface area (Å²) in [5.41, 5.74) is 8.34. The number of nitrogens with two attached hydrogens (primary N) is 1. The zero-order valence-electron chi connectivity index (χ0n) is 18.4. The lowest BCUT2D eigenvalue weighted by Crippen LogP contribution is -2.31. The van der Waals surface area contributed by atoms with Crippen molar-refractivity contribution in [3.63, 3.8) is 0 Å². The minimum absolute atomic E-state index is 0.0602. The van der Waals surface area contributed by atoms with Crippen molar-refractivity contribution in [1.29, 1.82) is 0 Å². The summed E-state index contributed by atoms with van der Waals surface area (Å²) in [5, 5.41) is 0. The quantitative estimate of drug-likeness (QED) is 0.749. The van der Waals surface area contributed by atoms with E-state index in [-0.39, 0.29) is 17.5 Å². The number of hydrogen-bond acceptors (Lipinski definition) is 6. The predicted octanol–water partition coefficient (Wildman–Crippen LogP) is 5.05. The maximum absolute atomic E-state index is 6.28. The molecule has 2 atom stereocenters. The average molecular weight is 423 g/mol. The predicted molar refractivity (Wildman–Crippen MR) is 119 cm³/mol. The Morgan fingerprint density at radius 3 is 2.55 bits per heavy atom. The minimum Gasteiger partial charge on any atom is -0.493 e. The lowest BCUT2D eigenvalue weighted by atomic mass is 9.80. The van der Waals surface area contributed by atoms with E-state index < -0.39 is 5.54 Å². The van der Waals surface area contributed by atoms with Gasteiger partial charge in [-0.1, -0.05) is 26.8 Å². The highest BCUT2D eigenvalue weighted by Crippen LogP contribution is 2.52. The highest BCUT2D eigenvalue weighted by Gasteiger charge is 2.47. The van der Waals surface area contributed by atoms with E-state index >= 15 is 0 Å².